The summed E-state index contributed by atoms with van der Waals surface area (Å²) in [6, 6.07) is 16.6. The fourth-order valence-corrected chi connectivity index (χ4v) is 1.71. The van der Waals surface area contributed by atoms with Crippen molar-refractivity contribution in [1.82, 2.24) is 20.2 Å². The zero-order valence-electron chi connectivity index (χ0n) is 9.97. The predicted octanol–water partition coefficient (Wildman–Crippen LogP) is 2.14. The summed E-state index contributed by atoms with van der Waals surface area (Å²) in [7, 11) is 0. The highest BCUT2D eigenvalue weighted by Gasteiger charge is 2.06. The van der Waals surface area contributed by atoms with E-state index in [0.29, 0.717) is 11.4 Å². The van der Waals surface area contributed by atoms with Gasteiger partial charge in [0.2, 0.25) is 5.82 Å². The molecule has 0 spiro atoms. The third-order valence-electron chi connectivity index (χ3n) is 2.71. The molecule has 2 aromatic carbocycles. The molecule has 5 nitrogen and oxygen atoms in total. The van der Waals surface area contributed by atoms with Gasteiger partial charge >= 0.3 is 0 Å². The Balaban J connectivity index is 1.94. The maximum absolute atomic E-state index is 10.6. The lowest BCUT2D eigenvalue weighted by Crippen LogP contribution is -1.99. The second-order valence-electron chi connectivity index (χ2n) is 3.98. The molecule has 0 aliphatic carbocycles. The van der Waals surface area contributed by atoms with Crippen LogP contribution >= 0.6 is 0 Å². The van der Waals surface area contributed by atoms with Gasteiger partial charge in [-0.15, -0.1) is 15.0 Å². The Labute approximate surface area is 109 Å². The van der Waals surface area contributed by atoms with Crippen LogP contribution in [0.15, 0.2) is 54.6 Å². The lowest BCUT2D eigenvalue weighted by molar-refractivity contribution is 0.112. The maximum atomic E-state index is 10.6. The first-order valence-corrected chi connectivity index (χ1v) is 5.78. The molecule has 0 unspecified atom stereocenters. The summed E-state index contributed by atoms with van der Waals surface area (Å²) in [6.07, 6.45) is 0.800. The van der Waals surface area contributed by atoms with Gasteiger partial charge in [-0.25, -0.2) is 0 Å². The van der Waals surface area contributed by atoms with Crippen LogP contribution in [0.25, 0.3) is 17.1 Å². The predicted molar refractivity (Wildman–Crippen MR) is 70.0 cm³/mol. The molecule has 0 aliphatic rings. The Kier molecular flexibility index (Phi) is 2.86. The Bertz CT molecular complexity index is 689. The molecular formula is C14H10N4O. The smallest absolute Gasteiger partial charge is 0.205 e. The molecule has 19 heavy (non-hydrogen) atoms. The Hall–Kier alpha value is -2.82. The number of aldehydes is 1. The molecule has 0 saturated heterocycles. The van der Waals surface area contributed by atoms with Crippen LogP contribution in [-0.4, -0.2) is 26.5 Å². The fraction of sp³-hybridized carbons (Fsp3) is 0. The van der Waals surface area contributed by atoms with Crippen molar-refractivity contribution in [2.45, 2.75) is 0 Å². The number of carbonyl (C=O) groups excluding carboxylic acids is 1. The van der Waals surface area contributed by atoms with Gasteiger partial charge in [0, 0.05) is 11.1 Å². The number of benzene rings is 2. The second kappa shape index (κ2) is 4.81. The quantitative estimate of drug-likeness (QED) is 0.668. The SMILES string of the molecule is O=Cc1ccc(-n2nnc(-c3ccccc3)n2)cc1. The summed E-state index contributed by atoms with van der Waals surface area (Å²) in [5.74, 6) is 0.570. The van der Waals surface area contributed by atoms with Gasteiger partial charge < -0.3 is 0 Å². The van der Waals surface area contributed by atoms with E-state index in [4.69, 9.17) is 0 Å². The van der Waals surface area contributed by atoms with Crippen molar-refractivity contribution in [2.75, 3.05) is 0 Å². The summed E-state index contributed by atoms with van der Waals surface area (Å²) >= 11 is 0. The van der Waals surface area contributed by atoms with Crippen molar-refractivity contribution in [3.05, 3.63) is 60.2 Å². The number of aromatic nitrogens is 4. The topological polar surface area (TPSA) is 60.7 Å². The Morgan fingerprint density at radius 2 is 1.68 bits per heavy atom. The van der Waals surface area contributed by atoms with Crippen LogP contribution in [0.3, 0.4) is 0 Å². The number of tetrazole rings is 1. The zero-order chi connectivity index (χ0) is 13.1. The molecule has 0 radical (unpaired) electrons. The highest BCUT2D eigenvalue weighted by molar-refractivity contribution is 5.75. The van der Waals surface area contributed by atoms with Gasteiger partial charge in [0.25, 0.3) is 0 Å². The Morgan fingerprint density at radius 3 is 2.37 bits per heavy atom. The molecule has 0 amide bonds. The van der Waals surface area contributed by atoms with E-state index < -0.39 is 0 Å². The molecule has 0 saturated carbocycles. The Morgan fingerprint density at radius 1 is 0.947 bits per heavy atom. The van der Waals surface area contributed by atoms with Crippen molar-refractivity contribution in [1.29, 1.82) is 0 Å². The third-order valence-corrected chi connectivity index (χ3v) is 2.71. The average Bonchev–Trinajstić information content (AvgIpc) is 2.98. The second-order valence-corrected chi connectivity index (χ2v) is 3.98. The van der Waals surface area contributed by atoms with Crippen molar-refractivity contribution in [2.24, 2.45) is 0 Å². The molecule has 3 rings (SSSR count). The molecule has 0 atom stereocenters. The molecule has 0 fully saturated rings. The normalized spacial score (nSPS) is 10.3. The van der Waals surface area contributed by atoms with E-state index in [9.17, 15) is 4.79 Å². The van der Waals surface area contributed by atoms with E-state index >= 15 is 0 Å². The minimum absolute atomic E-state index is 0.570. The summed E-state index contributed by atoms with van der Waals surface area (Å²) in [6.45, 7) is 0. The highest BCUT2D eigenvalue weighted by Crippen LogP contribution is 2.13. The van der Waals surface area contributed by atoms with Gasteiger partial charge in [-0.2, -0.15) is 0 Å². The summed E-state index contributed by atoms with van der Waals surface area (Å²) in [5.41, 5.74) is 2.30. The van der Waals surface area contributed by atoms with Gasteiger partial charge in [-0.05, 0) is 29.5 Å². The van der Waals surface area contributed by atoms with Crippen LogP contribution in [0.1, 0.15) is 10.4 Å². The number of rotatable bonds is 3. The minimum Gasteiger partial charge on any atom is -0.298 e. The number of hydrogen-bond donors (Lipinski definition) is 0. The van der Waals surface area contributed by atoms with Crippen LogP contribution in [0.2, 0.25) is 0 Å². The first-order valence-electron chi connectivity index (χ1n) is 5.78. The van der Waals surface area contributed by atoms with Gasteiger partial charge in [-0.1, -0.05) is 30.3 Å². The van der Waals surface area contributed by atoms with Gasteiger partial charge in [0.15, 0.2) is 0 Å². The summed E-state index contributed by atoms with van der Waals surface area (Å²) in [4.78, 5) is 12.0. The molecule has 3 aromatic rings. The van der Waals surface area contributed by atoms with Gasteiger partial charge in [0.1, 0.15) is 6.29 Å². The van der Waals surface area contributed by atoms with E-state index in [1.54, 1.807) is 24.3 Å². The van der Waals surface area contributed by atoms with Crippen LogP contribution in [-0.2, 0) is 0 Å². The zero-order valence-corrected chi connectivity index (χ0v) is 9.97. The molecule has 0 bridgehead atoms. The molecule has 1 aromatic heterocycles. The van der Waals surface area contributed by atoms with E-state index in [1.807, 2.05) is 30.3 Å². The average molecular weight is 250 g/mol. The molecule has 0 N–H and O–H groups in total. The van der Waals surface area contributed by atoms with Crippen LogP contribution in [0.4, 0.5) is 0 Å². The number of nitrogens with zero attached hydrogens (tertiary/aromatic N) is 4. The molecule has 1 heterocycles. The molecule has 5 heteroatoms. The maximum Gasteiger partial charge on any atom is 0.205 e. The number of hydrogen-bond acceptors (Lipinski definition) is 4. The summed E-state index contributed by atoms with van der Waals surface area (Å²) < 4.78 is 0. The van der Waals surface area contributed by atoms with Crippen LogP contribution in [0, 0.1) is 0 Å². The van der Waals surface area contributed by atoms with Crippen molar-refractivity contribution < 1.29 is 4.79 Å². The van der Waals surface area contributed by atoms with E-state index in [-0.39, 0.29) is 0 Å². The summed E-state index contributed by atoms with van der Waals surface area (Å²) in [5, 5.41) is 12.3. The highest BCUT2D eigenvalue weighted by atomic mass is 16.1. The first-order chi connectivity index (χ1) is 9.36. The van der Waals surface area contributed by atoms with Crippen molar-refractivity contribution in [3.63, 3.8) is 0 Å². The molecular weight excluding hydrogens is 240 g/mol. The van der Waals surface area contributed by atoms with E-state index in [0.717, 1.165) is 17.5 Å². The van der Waals surface area contributed by atoms with E-state index in [1.165, 1.54) is 4.80 Å². The standard InChI is InChI=1S/C14H10N4O/c19-10-11-6-8-13(9-7-11)18-16-14(15-17-18)12-4-2-1-3-5-12/h1-10H. The van der Waals surface area contributed by atoms with E-state index in [2.05, 4.69) is 15.4 Å². The van der Waals surface area contributed by atoms with Gasteiger partial charge in [-0.3, -0.25) is 4.79 Å². The molecule has 92 valence electrons. The number of carbonyl (C=O) groups is 1. The van der Waals surface area contributed by atoms with Crippen LogP contribution in [0.5, 0.6) is 0 Å². The fourth-order valence-electron chi connectivity index (χ4n) is 1.71. The third kappa shape index (κ3) is 2.26. The van der Waals surface area contributed by atoms with Crippen molar-refractivity contribution in [3.8, 4) is 17.1 Å². The monoisotopic (exact) mass is 250 g/mol. The van der Waals surface area contributed by atoms with Crippen LogP contribution < -0.4 is 0 Å². The van der Waals surface area contributed by atoms with Gasteiger partial charge in [0.05, 0.1) is 5.69 Å². The van der Waals surface area contributed by atoms with Crippen molar-refractivity contribution >= 4 is 6.29 Å². The largest absolute Gasteiger partial charge is 0.298 e. The minimum atomic E-state index is 0.570. The lowest BCUT2D eigenvalue weighted by atomic mass is 10.2. The first kappa shape index (κ1) is 11.3. The molecule has 0 aliphatic heterocycles. The lowest BCUT2D eigenvalue weighted by Gasteiger charge is -1.97.